The van der Waals surface area contributed by atoms with E-state index in [0.29, 0.717) is 12.0 Å². The summed E-state index contributed by atoms with van der Waals surface area (Å²) < 4.78 is 0. The maximum atomic E-state index is 8.99. The predicted octanol–water partition coefficient (Wildman–Crippen LogP) is 1.56. The first-order chi connectivity index (χ1) is 4.37. The van der Waals surface area contributed by atoms with Gasteiger partial charge in [0.2, 0.25) is 0 Å². The van der Waals surface area contributed by atoms with Gasteiger partial charge in [0.05, 0.1) is 0 Å². The van der Waals surface area contributed by atoms with Gasteiger partial charge in [-0.1, -0.05) is 12.8 Å². The van der Waals surface area contributed by atoms with Crippen LogP contribution < -0.4 is 0 Å². The van der Waals surface area contributed by atoms with E-state index >= 15 is 0 Å². The molecule has 9 heavy (non-hydrogen) atoms. The summed E-state index contributed by atoms with van der Waals surface area (Å²) in [5.74, 6) is 0.913. The van der Waals surface area contributed by atoms with E-state index in [0.717, 1.165) is 5.92 Å². The third-order valence-corrected chi connectivity index (χ3v) is 3.15. The fourth-order valence-corrected chi connectivity index (χ4v) is 2.29. The van der Waals surface area contributed by atoms with Crippen LogP contribution in [0.4, 0.5) is 0 Å². The lowest BCUT2D eigenvalue weighted by atomic mass is 9.89. The Bertz CT molecular complexity index is 122. The lowest BCUT2D eigenvalue weighted by molar-refractivity contribution is 0.171. The monoisotopic (exact) mass is 126 g/mol. The van der Waals surface area contributed by atoms with Crippen molar-refractivity contribution >= 4 is 0 Å². The lowest BCUT2D eigenvalue weighted by Crippen LogP contribution is -2.13. The van der Waals surface area contributed by atoms with Gasteiger partial charge >= 0.3 is 0 Å². The second kappa shape index (κ2) is 1.72. The van der Waals surface area contributed by atoms with E-state index in [4.69, 9.17) is 5.11 Å². The second-order valence-corrected chi connectivity index (χ2v) is 3.67. The average molecular weight is 126 g/mol. The van der Waals surface area contributed by atoms with Gasteiger partial charge in [-0.3, -0.25) is 0 Å². The first kappa shape index (κ1) is 5.72. The average Bonchev–Trinajstić information content (AvgIpc) is 2.62. The molecule has 1 N–H and O–H groups in total. The highest BCUT2D eigenvalue weighted by Crippen LogP contribution is 2.60. The maximum absolute atomic E-state index is 8.99. The molecule has 0 heterocycles. The summed E-state index contributed by atoms with van der Waals surface area (Å²) in [6.45, 7) is 0.456. The summed E-state index contributed by atoms with van der Waals surface area (Å²) in [5.41, 5.74) is 0.443. The Morgan fingerprint density at radius 1 is 1.44 bits per heavy atom. The minimum atomic E-state index is 0.443. The van der Waals surface area contributed by atoms with Crippen LogP contribution in [0.25, 0.3) is 0 Å². The van der Waals surface area contributed by atoms with Crippen LogP contribution in [0.3, 0.4) is 0 Å². The Morgan fingerprint density at radius 2 is 2.33 bits per heavy atom. The van der Waals surface area contributed by atoms with Crippen LogP contribution in [-0.2, 0) is 0 Å². The molecule has 1 unspecified atom stereocenters. The third kappa shape index (κ3) is 0.710. The Kier molecular flexibility index (Phi) is 1.10. The largest absolute Gasteiger partial charge is 0.396 e. The minimum absolute atomic E-state index is 0.443. The molecule has 0 aromatic heterocycles. The molecule has 2 aliphatic rings. The van der Waals surface area contributed by atoms with Gasteiger partial charge in [-0.15, -0.1) is 0 Å². The molecule has 2 aliphatic carbocycles. The van der Waals surface area contributed by atoms with Crippen molar-refractivity contribution in [3.8, 4) is 0 Å². The maximum Gasteiger partial charge on any atom is 0.0490 e. The summed E-state index contributed by atoms with van der Waals surface area (Å²) in [5, 5.41) is 8.99. The number of rotatable bonds is 1. The molecule has 2 fully saturated rings. The molecular formula is C8H14O. The van der Waals surface area contributed by atoms with Crippen molar-refractivity contribution < 1.29 is 5.11 Å². The molecule has 0 aromatic carbocycles. The van der Waals surface area contributed by atoms with E-state index in [-0.39, 0.29) is 0 Å². The Hall–Kier alpha value is -0.0400. The Balaban J connectivity index is 2.01. The van der Waals surface area contributed by atoms with E-state index in [1.165, 1.54) is 32.1 Å². The summed E-state index contributed by atoms with van der Waals surface area (Å²) in [7, 11) is 0. The molecule has 1 heteroatoms. The quantitative estimate of drug-likeness (QED) is 0.565. The molecule has 0 spiro atoms. The molecule has 0 aromatic rings. The zero-order chi connectivity index (χ0) is 6.32. The predicted molar refractivity (Wildman–Crippen MR) is 36.1 cm³/mol. The van der Waals surface area contributed by atoms with Crippen LogP contribution in [0.1, 0.15) is 32.1 Å². The minimum Gasteiger partial charge on any atom is -0.396 e. The number of hydrogen-bond acceptors (Lipinski definition) is 1. The van der Waals surface area contributed by atoms with Crippen molar-refractivity contribution in [2.75, 3.05) is 6.61 Å². The molecule has 0 aliphatic heterocycles. The third-order valence-electron chi connectivity index (χ3n) is 3.15. The van der Waals surface area contributed by atoms with Gasteiger partial charge in [0.1, 0.15) is 0 Å². The smallest absolute Gasteiger partial charge is 0.0490 e. The molecule has 0 bridgehead atoms. The molecule has 2 atom stereocenters. The SMILES string of the molecule is OC[C@]12CCCCC1C2. The van der Waals surface area contributed by atoms with E-state index in [1.807, 2.05) is 0 Å². The molecular weight excluding hydrogens is 112 g/mol. The van der Waals surface area contributed by atoms with Gasteiger partial charge in [-0.25, -0.2) is 0 Å². The Morgan fingerprint density at radius 3 is 2.89 bits per heavy atom. The van der Waals surface area contributed by atoms with Gasteiger partial charge in [0.15, 0.2) is 0 Å². The summed E-state index contributed by atoms with van der Waals surface area (Å²) >= 11 is 0. The summed E-state index contributed by atoms with van der Waals surface area (Å²) in [6.07, 6.45) is 6.78. The fourth-order valence-electron chi connectivity index (χ4n) is 2.29. The first-order valence-electron chi connectivity index (χ1n) is 3.98. The van der Waals surface area contributed by atoms with Crippen LogP contribution in [0.15, 0.2) is 0 Å². The van der Waals surface area contributed by atoms with E-state index in [9.17, 15) is 0 Å². The van der Waals surface area contributed by atoms with E-state index < -0.39 is 0 Å². The molecule has 2 rings (SSSR count). The molecule has 2 saturated carbocycles. The molecule has 0 amide bonds. The van der Waals surface area contributed by atoms with Crippen molar-refractivity contribution in [3.05, 3.63) is 0 Å². The zero-order valence-corrected chi connectivity index (χ0v) is 5.77. The van der Waals surface area contributed by atoms with Crippen LogP contribution in [0.2, 0.25) is 0 Å². The van der Waals surface area contributed by atoms with Crippen molar-refractivity contribution in [2.24, 2.45) is 11.3 Å². The number of fused-ring (bicyclic) bond motifs is 1. The number of hydrogen-bond donors (Lipinski definition) is 1. The van der Waals surface area contributed by atoms with E-state index in [2.05, 4.69) is 0 Å². The van der Waals surface area contributed by atoms with Gasteiger partial charge in [-0.05, 0) is 30.6 Å². The van der Waals surface area contributed by atoms with E-state index in [1.54, 1.807) is 0 Å². The van der Waals surface area contributed by atoms with Crippen molar-refractivity contribution in [2.45, 2.75) is 32.1 Å². The van der Waals surface area contributed by atoms with Gasteiger partial charge < -0.3 is 5.11 Å². The standard InChI is InChI=1S/C8H14O/c9-6-8-4-2-1-3-7(8)5-8/h7,9H,1-6H2/t7?,8-/m1/s1. The van der Waals surface area contributed by atoms with Gasteiger partial charge in [0.25, 0.3) is 0 Å². The molecule has 52 valence electrons. The topological polar surface area (TPSA) is 20.2 Å². The summed E-state index contributed by atoms with van der Waals surface area (Å²) in [4.78, 5) is 0. The van der Waals surface area contributed by atoms with Crippen molar-refractivity contribution in [1.82, 2.24) is 0 Å². The number of aliphatic hydroxyl groups excluding tert-OH is 1. The fraction of sp³-hybridized carbons (Fsp3) is 1.00. The van der Waals surface area contributed by atoms with Crippen molar-refractivity contribution in [1.29, 1.82) is 0 Å². The lowest BCUT2D eigenvalue weighted by Gasteiger charge is -2.18. The van der Waals surface area contributed by atoms with Gasteiger partial charge in [0, 0.05) is 6.61 Å². The molecule has 1 nitrogen and oxygen atoms in total. The first-order valence-corrected chi connectivity index (χ1v) is 3.98. The molecule has 0 radical (unpaired) electrons. The second-order valence-electron chi connectivity index (χ2n) is 3.67. The highest BCUT2D eigenvalue weighted by molar-refractivity contribution is 5.03. The van der Waals surface area contributed by atoms with Crippen LogP contribution >= 0.6 is 0 Å². The highest BCUT2D eigenvalue weighted by atomic mass is 16.3. The van der Waals surface area contributed by atoms with Crippen LogP contribution in [0, 0.1) is 11.3 Å². The van der Waals surface area contributed by atoms with Crippen LogP contribution in [-0.4, -0.2) is 11.7 Å². The Labute approximate surface area is 56.1 Å². The zero-order valence-electron chi connectivity index (χ0n) is 5.77. The van der Waals surface area contributed by atoms with Gasteiger partial charge in [-0.2, -0.15) is 0 Å². The molecule has 0 saturated heterocycles. The highest BCUT2D eigenvalue weighted by Gasteiger charge is 2.53. The number of aliphatic hydroxyl groups is 1. The summed E-state index contributed by atoms with van der Waals surface area (Å²) in [6, 6.07) is 0. The van der Waals surface area contributed by atoms with Crippen molar-refractivity contribution in [3.63, 3.8) is 0 Å². The van der Waals surface area contributed by atoms with Crippen LogP contribution in [0.5, 0.6) is 0 Å². The normalized spacial score (nSPS) is 48.3.